The first kappa shape index (κ1) is 27.1. The minimum absolute atomic E-state index is 0. The average molecular weight is 554 g/mol. The minimum Gasteiger partial charge on any atom is -0.379 e. The molecule has 0 saturated carbocycles. The molecule has 8 nitrogen and oxygen atoms in total. The molecule has 1 aliphatic heterocycles. The first-order chi connectivity index (χ1) is 14.0. The van der Waals surface area contributed by atoms with Crippen molar-refractivity contribution in [3.8, 4) is 0 Å². The van der Waals surface area contributed by atoms with Crippen molar-refractivity contribution in [2.24, 2.45) is 4.99 Å². The summed E-state index contributed by atoms with van der Waals surface area (Å²) in [6, 6.07) is 8.44. The summed E-state index contributed by atoms with van der Waals surface area (Å²) in [5.41, 5.74) is 2.56. The molecule has 0 amide bonds. The molecule has 1 fully saturated rings. The summed E-state index contributed by atoms with van der Waals surface area (Å²) < 4.78 is 30.4. The predicted octanol–water partition coefficient (Wildman–Crippen LogP) is 1.47. The minimum atomic E-state index is -3.12. The van der Waals surface area contributed by atoms with Crippen LogP contribution in [0.25, 0.3) is 0 Å². The third-order valence-electron chi connectivity index (χ3n) is 5.07. The standard InChI is InChI=1S/C20H35N5O3S.HI/c1-4-29(26,27)24(3)11-7-10-22-20(21-2)23-16-18-8-5-6-9-19(18)17-25-12-14-28-15-13-25;/h5-6,8-9H,4,7,10-17H2,1-3H3,(H2,21,22,23);1H. The topological polar surface area (TPSA) is 86.3 Å². The van der Waals surface area contributed by atoms with E-state index in [1.54, 1.807) is 21.0 Å². The molecule has 10 heteroatoms. The quantitative estimate of drug-likeness (QED) is 0.198. The van der Waals surface area contributed by atoms with Gasteiger partial charge >= 0.3 is 0 Å². The third-order valence-corrected chi connectivity index (χ3v) is 6.93. The van der Waals surface area contributed by atoms with E-state index < -0.39 is 10.0 Å². The van der Waals surface area contributed by atoms with E-state index in [1.807, 2.05) is 0 Å². The van der Waals surface area contributed by atoms with Crippen molar-refractivity contribution >= 4 is 40.0 Å². The van der Waals surface area contributed by atoms with Crippen molar-refractivity contribution in [2.75, 3.05) is 59.2 Å². The number of hydrogen-bond donors (Lipinski definition) is 2. The Morgan fingerprint density at radius 1 is 1.20 bits per heavy atom. The number of nitrogens with zero attached hydrogens (tertiary/aromatic N) is 3. The van der Waals surface area contributed by atoms with Gasteiger partial charge in [0.2, 0.25) is 10.0 Å². The van der Waals surface area contributed by atoms with E-state index in [-0.39, 0.29) is 29.7 Å². The van der Waals surface area contributed by atoms with Crippen LogP contribution in [0, 0.1) is 0 Å². The van der Waals surface area contributed by atoms with E-state index in [4.69, 9.17) is 4.74 Å². The molecule has 1 heterocycles. The van der Waals surface area contributed by atoms with Crippen molar-refractivity contribution in [1.82, 2.24) is 19.8 Å². The lowest BCUT2D eigenvalue weighted by atomic mass is 10.1. The number of morpholine rings is 1. The molecule has 172 valence electrons. The summed E-state index contributed by atoms with van der Waals surface area (Å²) in [5.74, 6) is 0.844. The fourth-order valence-corrected chi connectivity index (χ4v) is 4.00. The monoisotopic (exact) mass is 553 g/mol. The molecular weight excluding hydrogens is 517 g/mol. The van der Waals surface area contributed by atoms with Gasteiger partial charge < -0.3 is 15.4 Å². The summed E-state index contributed by atoms with van der Waals surface area (Å²) in [6.07, 6.45) is 0.712. The normalized spacial score (nSPS) is 15.7. The lowest BCUT2D eigenvalue weighted by Gasteiger charge is -2.27. The van der Waals surface area contributed by atoms with Crippen LogP contribution in [-0.4, -0.2) is 82.8 Å². The number of guanidine groups is 1. The van der Waals surface area contributed by atoms with E-state index in [1.165, 1.54) is 15.4 Å². The zero-order chi connectivity index (χ0) is 21.1. The molecule has 1 aliphatic rings. The molecule has 2 rings (SSSR count). The van der Waals surface area contributed by atoms with Gasteiger partial charge in [0.25, 0.3) is 0 Å². The van der Waals surface area contributed by atoms with E-state index in [9.17, 15) is 8.42 Å². The van der Waals surface area contributed by atoms with Crippen LogP contribution in [-0.2, 0) is 27.8 Å². The molecular formula is C20H36IN5O3S. The van der Waals surface area contributed by atoms with Crippen LogP contribution in [0.5, 0.6) is 0 Å². The second kappa shape index (κ2) is 14.2. The van der Waals surface area contributed by atoms with Crippen LogP contribution in [0.3, 0.4) is 0 Å². The fourth-order valence-electron chi connectivity index (χ4n) is 3.15. The molecule has 0 aromatic heterocycles. The summed E-state index contributed by atoms with van der Waals surface area (Å²) in [7, 11) is 0.241. The summed E-state index contributed by atoms with van der Waals surface area (Å²) in [4.78, 5) is 6.68. The fraction of sp³-hybridized carbons (Fsp3) is 0.650. The van der Waals surface area contributed by atoms with Gasteiger partial charge in [-0.05, 0) is 24.5 Å². The average Bonchev–Trinajstić information content (AvgIpc) is 2.74. The zero-order valence-electron chi connectivity index (χ0n) is 18.3. The molecule has 1 saturated heterocycles. The SMILES string of the molecule is CCS(=O)(=O)N(C)CCCNC(=NC)NCc1ccccc1CN1CCOCC1.I. The highest BCUT2D eigenvalue weighted by molar-refractivity contribution is 14.0. The second-order valence-electron chi connectivity index (χ2n) is 7.09. The number of benzene rings is 1. The third kappa shape index (κ3) is 9.04. The Balaban J connectivity index is 0.00000450. The van der Waals surface area contributed by atoms with Crippen LogP contribution in [0.15, 0.2) is 29.3 Å². The van der Waals surface area contributed by atoms with Gasteiger partial charge in [-0.15, -0.1) is 24.0 Å². The number of hydrogen-bond acceptors (Lipinski definition) is 5. The maximum atomic E-state index is 11.8. The molecule has 0 atom stereocenters. The summed E-state index contributed by atoms with van der Waals surface area (Å²) in [6.45, 7) is 7.93. The molecule has 1 aromatic carbocycles. The molecule has 0 unspecified atom stereocenters. The van der Waals surface area contributed by atoms with Gasteiger partial charge in [0.15, 0.2) is 5.96 Å². The maximum absolute atomic E-state index is 11.8. The molecule has 2 N–H and O–H groups in total. The maximum Gasteiger partial charge on any atom is 0.213 e. The van der Waals surface area contributed by atoms with Crippen molar-refractivity contribution in [3.63, 3.8) is 0 Å². The van der Waals surface area contributed by atoms with Gasteiger partial charge in [0.1, 0.15) is 0 Å². The Morgan fingerprint density at radius 2 is 1.87 bits per heavy atom. The van der Waals surface area contributed by atoms with E-state index in [0.29, 0.717) is 32.0 Å². The number of sulfonamides is 1. The van der Waals surface area contributed by atoms with Crippen molar-refractivity contribution < 1.29 is 13.2 Å². The Bertz CT molecular complexity index is 755. The largest absolute Gasteiger partial charge is 0.379 e. The Labute approximate surface area is 198 Å². The van der Waals surface area contributed by atoms with Crippen LogP contribution >= 0.6 is 24.0 Å². The van der Waals surface area contributed by atoms with Crippen LogP contribution in [0.4, 0.5) is 0 Å². The number of aliphatic imine (C=N–C) groups is 1. The Kier molecular flexibility index (Phi) is 12.8. The molecule has 0 aliphatic carbocycles. The van der Waals surface area contributed by atoms with Gasteiger partial charge in [-0.1, -0.05) is 24.3 Å². The number of halogens is 1. The van der Waals surface area contributed by atoms with Crippen LogP contribution in [0.1, 0.15) is 24.5 Å². The number of ether oxygens (including phenoxy) is 1. The van der Waals surface area contributed by atoms with Gasteiger partial charge in [0.05, 0.1) is 19.0 Å². The molecule has 0 radical (unpaired) electrons. The van der Waals surface area contributed by atoms with Crippen molar-refractivity contribution in [3.05, 3.63) is 35.4 Å². The number of rotatable bonds is 10. The first-order valence-electron chi connectivity index (χ1n) is 10.2. The number of nitrogens with one attached hydrogen (secondary N) is 2. The highest BCUT2D eigenvalue weighted by Crippen LogP contribution is 2.13. The lowest BCUT2D eigenvalue weighted by molar-refractivity contribution is 0.0341. The van der Waals surface area contributed by atoms with Gasteiger partial charge in [-0.2, -0.15) is 0 Å². The molecule has 1 aromatic rings. The van der Waals surface area contributed by atoms with Crippen LogP contribution in [0.2, 0.25) is 0 Å². The van der Waals surface area contributed by atoms with Crippen molar-refractivity contribution in [2.45, 2.75) is 26.4 Å². The van der Waals surface area contributed by atoms with Gasteiger partial charge in [0, 0.05) is 53.4 Å². The molecule has 0 bridgehead atoms. The predicted molar refractivity (Wildman–Crippen MR) is 133 cm³/mol. The first-order valence-corrected chi connectivity index (χ1v) is 11.8. The van der Waals surface area contributed by atoms with Crippen LogP contribution < -0.4 is 10.6 Å². The molecule has 0 spiro atoms. The molecule has 30 heavy (non-hydrogen) atoms. The lowest BCUT2D eigenvalue weighted by Crippen LogP contribution is -2.39. The van der Waals surface area contributed by atoms with Gasteiger partial charge in [-0.25, -0.2) is 12.7 Å². The Hall–Kier alpha value is -0.950. The summed E-state index contributed by atoms with van der Waals surface area (Å²) >= 11 is 0. The highest BCUT2D eigenvalue weighted by Gasteiger charge is 2.14. The van der Waals surface area contributed by atoms with Gasteiger partial charge in [-0.3, -0.25) is 9.89 Å². The van der Waals surface area contributed by atoms with E-state index >= 15 is 0 Å². The van der Waals surface area contributed by atoms with E-state index in [0.717, 1.165) is 32.8 Å². The zero-order valence-corrected chi connectivity index (χ0v) is 21.4. The van der Waals surface area contributed by atoms with E-state index in [2.05, 4.69) is 44.8 Å². The highest BCUT2D eigenvalue weighted by atomic mass is 127. The van der Waals surface area contributed by atoms with Crippen molar-refractivity contribution in [1.29, 1.82) is 0 Å². The smallest absolute Gasteiger partial charge is 0.213 e. The summed E-state index contributed by atoms with van der Waals surface area (Å²) in [5, 5.41) is 6.61. The second-order valence-corrected chi connectivity index (χ2v) is 9.45. The Morgan fingerprint density at radius 3 is 2.50 bits per heavy atom.